The summed E-state index contributed by atoms with van der Waals surface area (Å²) < 4.78 is 14.3. The minimum absolute atomic E-state index is 0.165. The predicted molar refractivity (Wildman–Crippen MR) is 96.5 cm³/mol. The Morgan fingerprint density at radius 3 is 2.68 bits per heavy atom. The number of thiazole rings is 1. The van der Waals surface area contributed by atoms with E-state index in [4.69, 9.17) is 11.6 Å². The molecule has 4 nitrogen and oxygen atoms in total. The Bertz CT molecular complexity index is 925. The molecule has 0 aliphatic heterocycles. The number of nitrogens with zero attached hydrogens (tertiary/aromatic N) is 1. The van der Waals surface area contributed by atoms with Crippen LogP contribution in [-0.4, -0.2) is 16.0 Å². The maximum Gasteiger partial charge on any atom is 0.254 e. The fourth-order valence-corrected chi connectivity index (χ4v) is 3.23. The summed E-state index contributed by atoms with van der Waals surface area (Å²) in [6.07, 6.45) is 1.56. The number of rotatable bonds is 4. The van der Waals surface area contributed by atoms with E-state index < -0.39 is 11.7 Å². The van der Waals surface area contributed by atoms with Gasteiger partial charge in [-0.2, -0.15) is 0 Å². The number of hydrogen-bond donors (Lipinski definition) is 2. The smallest absolute Gasteiger partial charge is 0.254 e. The van der Waals surface area contributed by atoms with Gasteiger partial charge in [-0.3, -0.25) is 4.79 Å². The lowest BCUT2D eigenvalue weighted by Crippen LogP contribution is -2.23. The molecule has 1 heterocycles. The maximum absolute atomic E-state index is 14.3. The van der Waals surface area contributed by atoms with Crippen molar-refractivity contribution >= 4 is 28.8 Å². The lowest BCUT2D eigenvalue weighted by atomic mass is 10.1. The second kappa shape index (κ2) is 7.21. The van der Waals surface area contributed by atoms with Crippen molar-refractivity contribution in [2.24, 2.45) is 0 Å². The van der Waals surface area contributed by atoms with E-state index in [2.05, 4.69) is 10.3 Å². The Hall–Kier alpha value is -2.44. The Morgan fingerprint density at radius 2 is 2.04 bits per heavy atom. The standard InChI is InChI=1S/C18H14ClFN2O2S/c1-10-21-9-17(25-10)14-6-15(20)13(7-16(14)23)18(24)22-8-11-2-4-12(19)5-3-11/h2-7,9,23H,8H2,1H3,(H,22,24). The fourth-order valence-electron chi connectivity index (χ4n) is 2.30. The lowest BCUT2D eigenvalue weighted by molar-refractivity contribution is 0.0946. The van der Waals surface area contributed by atoms with Gasteiger partial charge < -0.3 is 10.4 Å². The largest absolute Gasteiger partial charge is 0.507 e. The summed E-state index contributed by atoms with van der Waals surface area (Å²) in [4.78, 5) is 16.9. The van der Waals surface area contributed by atoms with Crippen LogP contribution in [0.5, 0.6) is 5.75 Å². The molecular weight excluding hydrogens is 363 g/mol. The normalized spacial score (nSPS) is 10.7. The third kappa shape index (κ3) is 3.97. The number of carbonyl (C=O) groups excluding carboxylic acids is 1. The van der Waals surface area contributed by atoms with Crippen LogP contribution in [0.4, 0.5) is 4.39 Å². The van der Waals surface area contributed by atoms with Crippen LogP contribution in [0.2, 0.25) is 5.02 Å². The van der Waals surface area contributed by atoms with Gasteiger partial charge in [0.05, 0.1) is 15.4 Å². The first-order valence-electron chi connectivity index (χ1n) is 7.42. The first-order chi connectivity index (χ1) is 11.9. The molecule has 0 spiro atoms. The number of amides is 1. The highest BCUT2D eigenvalue weighted by atomic mass is 35.5. The van der Waals surface area contributed by atoms with Gasteiger partial charge in [0.2, 0.25) is 0 Å². The van der Waals surface area contributed by atoms with Crippen LogP contribution in [0.3, 0.4) is 0 Å². The molecule has 3 rings (SSSR count). The average molecular weight is 377 g/mol. The summed E-state index contributed by atoms with van der Waals surface area (Å²) in [5.74, 6) is -1.47. The molecule has 0 aliphatic carbocycles. The van der Waals surface area contributed by atoms with Crippen molar-refractivity contribution in [3.05, 3.63) is 69.6 Å². The third-order valence-corrected chi connectivity index (χ3v) is 4.78. The van der Waals surface area contributed by atoms with Crippen LogP contribution in [0.15, 0.2) is 42.6 Å². The van der Waals surface area contributed by atoms with E-state index in [0.29, 0.717) is 15.5 Å². The molecule has 25 heavy (non-hydrogen) atoms. The predicted octanol–water partition coefficient (Wildman–Crippen LogP) is 4.55. The number of nitrogens with one attached hydrogen (secondary N) is 1. The molecule has 0 saturated carbocycles. The van der Waals surface area contributed by atoms with Gasteiger partial charge in [-0.05, 0) is 36.8 Å². The minimum Gasteiger partial charge on any atom is -0.507 e. The minimum atomic E-state index is -0.701. The van der Waals surface area contributed by atoms with E-state index in [9.17, 15) is 14.3 Å². The SMILES string of the molecule is Cc1ncc(-c2cc(F)c(C(=O)NCc3ccc(Cl)cc3)cc2O)s1. The number of phenols is 1. The maximum atomic E-state index is 14.3. The van der Waals surface area contributed by atoms with Gasteiger partial charge in [0.1, 0.15) is 11.6 Å². The number of aryl methyl sites for hydroxylation is 1. The van der Waals surface area contributed by atoms with Crippen molar-refractivity contribution in [1.29, 1.82) is 0 Å². The molecule has 0 atom stereocenters. The molecular formula is C18H14ClFN2O2S. The first kappa shape index (κ1) is 17.4. The molecule has 2 aromatic carbocycles. The van der Waals surface area contributed by atoms with Crippen molar-refractivity contribution in [3.8, 4) is 16.2 Å². The number of aromatic nitrogens is 1. The highest BCUT2D eigenvalue weighted by Gasteiger charge is 2.17. The number of phenolic OH excluding ortho intramolecular Hbond substituents is 1. The van der Waals surface area contributed by atoms with Gasteiger partial charge in [-0.15, -0.1) is 11.3 Å². The number of benzene rings is 2. The molecule has 0 radical (unpaired) electrons. The molecule has 0 unspecified atom stereocenters. The van der Waals surface area contributed by atoms with E-state index in [1.165, 1.54) is 11.3 Å². The Kier molecular flexibility index (Phi) is 5.01. The van der Waals surface area contributed by atoms with E-state index in [0.717, 1.165) is 22.7 Å². The molecule has 128 valence electrons. The van der Waals surface area contributed by atoms with E-state index in [1.54, 1.807) is 30.5 Å². The van der Waals surface area contributed by atoms with Gasteiger partial charge in [-0.25, -0.2) is 9.37 Å². The monoisotopic (exact) mass is 376 g/mol. The van der Waals surface area contributed by atoms with Crippen LogP contribution < -0.4 is 5.32 Å². The van der Waals surface area contributed by atoms with E-state index in [-0.39, 0.29) is 17.9 Å². The quantitative estimate of drug-likeness (QED) is 0.702. The van der Waals surface area contributed by atoms with Gasteiger partial charge in [0, 0.05) is 23.3 Å². The number of hydrogen-bond acceptors (Lipinski definition) is 4. The van der Waals surface area contributed by atoms with Crippen LogP contribution in [0, 0.1) is 12.7 Å². The zero-order valence-corrected chi connectivity index (χ0v) is 14.8. The summed E-state index contributed by atoms with van der Waals surface area (Å²) in [5.41, 5.74) is 0.938. The van der Waals surface area contributed by atoms with Gasteiger partial charge >= 0.3 is 0 Å². The van der Waals surface area contributed by atoms with Crippen LogP contribution in [-0.2, 0) is 6.54 Å². The molecule has 0 aliphatic rings. The topological polar surface area (TPSA) is 62.2 Å². The van der Waals surface area contributed by atoms with Gasteiger partial charge in [0.25, 0.3) is 5.91 Å². The second-order valence-electron chi connectivity index (χ2n) is 5.40. The van der Waals surface area contributed by atoms with Crippen LogP contribution >= 0.6 is 22.9 Å². The zero-order valence-electron chi connectivity index (χ0n) is 13.2. The summed E-state index contributed by atoms with van der Waals surface area (Å²) in [5, 5.41) is 14.2. The average Bonchev–Trinajstić information content (AvgIpc) is 3.02. The van der Waals surface area contributed by atoms with Crippen LogP contribution in [0.25, 0.3) is 10.4 Å². The lowest BCUT2D eigenvalue weighted by Gasteiger charge is -2.09. The Morgan fingerprint density at radius 1 is 1.32 bits per heavy atom. The molecule has 0 saturated heterocycles. The second-order valence-corrected chi connectivity index (χ2v) is 7.07. The highest BCUT2D eigenvalue weighted by molar-refractivity contribution is 7.15. The first-order valence-corrected chi connectivity index (χ1v) is 8.61. The van der Waals surface area contributed by atoms with Crippen molar-refractivity contribution < 1.29 is 14.3 Å². The van der Waals surface area contributed by atoms with Crippen molar-refractivity contribution in [2.75, 3.05) is 0 Å². The van der Waals surface area contributed by atoms with Crippen molar-refractivity contribution in [3.63, 3.8) is 0 Å². The molecule has 7 heteroatoms. The Labute approximate surface area is 152 Å². The number of halogens is 2. The summed E-state index contributed by atoms with van der Waals surface area (Å²) in [7, 11) is 0. The summed E-state index contributed by atoms with van der Waals surface area (Å²) in [6.45, 7) is 2.05. The van der Waals surface area contributed by atoms with Crippen molar-refractivity contribution in [2.45, 2.75) is 13.5 Å². The molecule has 1 amide bonds. The summed E-state index contributed by atoms with van der Waals surface area (Å²) >= 11 is 7.14. The third-order valence-electron chi connectivity index (χ3n) is 3.58. The number of carbonyl (C=O) groups is 1. The number of aromatic hydroxyl groups is 1. The highest BCUT2D eigenvalue weighted by Crippen LogP contribution is 2.34. The molecule has 0 bridgehead atoms. The summed E-state index contributed by atoms with van der Waals surface area (Å²) in [6, 6.07) is 9.25. The fraction of sp³-hybridized carbons (Fsp3) is 0.111. The Balaban J connectivity index is 1.78. The van der Waals surface area contributed by atoms with Gasteiger partial charge in [0.15, 0.2) is 0 Å². The molecule has 3 aromatic rings. The molecule has 1 aromatic heterocycles. The van der Waals surface area contributed by atoms with Gasteiger partial charge in [-0.1, -0.05) is 23.7 Å². The zero-order chi connectivity index (χ0) is 18.0. The molecule has 2 N–H and O–H groups in total. The molecule has 0 fully saturated rings. The van der Waals surface area contributed by atoms with Crippen LogP contribution in [0.1, 0.15) is 20.9 Å². The van der Waals surface area contributed by atoms with Crippen molar-refractivity contribution in [1.82, 2.24) is 10.3 Å². The van der Waals surface area contributed by atoms with E-state index in [1.807, 2.05) is 6.92 Å². The van der Waals surface area contributed by atoms with E-state index >= 15 is 0 Å².